The third-order valence-corrected chi connectivity index (χ3v) is 1.80. The lowest BCUT2D eigenvalue weighted by atomic mass is 10.2. The Balaban J connectivity index is 2.41. The van der Waals surface area contributed by atoms with Crippen molar-refractivity contribution in [1.29, 1.82) is 0 Å². The number of carboxylic acid groups (broad SMARTS) is 2. The summed E-state index contributed by atoms with van der Waals surface area (Å²) in [7, 11) is 0. The molecule has 1 heterocycles. The van der Waals surface area contributed by atoms with Crippen LogP contribution in [0.1, 0.15) is 12.2 Å². The first-order chi connectivity index (χ1) is 8.49. The van der Waals surface area contributed by atoms with Crippen LogP contribution in [0.3, 0.4) is 0 Å². The second-order valence-corrected chi connectivity index (χ2v) is 3.16. The van der Waals surface area contributed by atoms with E-state index in [9.17, 15) is 14.4 Å². The van der Waals surface area contributed by atoms with Gasteiger partial charge in [-0.1, -0.05) is 5.16 Å². The largest absolute Gasteiger partial charge is 0.481 e. The molecule has 4 N–H and O–H groups in total. The van der Waals surface area contributed by atoms with E-state index in [-0.39, 0.29) is 12.4 Å². The highest BCUT2D eigenvalue weighted by atomic mass is 16.5. The number of aromatic nitrogens is 2. The van der Waals surface area contributed by atoms with Crippen LogP contribution in [0.25, 0.3) is 0 Å². The molecule has 98 valence electrons. The third-order valence-electron chi connectivity index (χ3n) is 1.80. The lowest BCUT2D eigenvalue weighted by Crippen LogP contribution is -2.46. The number of aliphatic carboxylic acids is 2. The van der Waals surface area contributed by atoms with Gasteiger partial charge in [-0.15, -0.1) is 0 Å². The Hall–Kier alpha value is -2.65. The van der Waals surface area contributed by atoms with Gasteiger partial charge in [-0.05, 0) is 0 Å². The van der Waals surface area contributed by atoms with Gasteiger partial charge in [-0.25, -0.2) is 9.59 Å². The molecule has 0 spiro atoms. The van der Waals surface area contributed by atoms with E-state index in [4.69, 9.17) is 10.2 Å². The number of amides is 2. The Morgan fingerprint density at radius 1 is 1.39 bits per heavy atom. The van der Waals surface area contributed by atoms with Crippen molar-refractivity contribution >= 4 is 18.0 Å². The van der Waals surface area contributed by atoms with Crippen molar-refractivity contribution in [1.82, 2.24) is 20.8 Å². The Morgan fingerprint density at radius 2 is 2.11 bits per heavy atom. The van der Waals surface area contributed by atoms with E-state index >= 15 is 0 Å². The van der Waals surface area contributed by atoms with Crippen molar-refractivity contribution in [3.05, 3.63) is 12.2 Å². The zero-order valence-electron chi connectivity index (χ0n) is 8.99. The van der Waals surface area contributed by atoms with Gasteiger partial charge in [0.15, 0.2) is 5.82 Å². The van der Waals surface area contributed by atoms with E-state index < -0.39 is 30.4 Å². The van der Waals surface area contributed by atoms with Crippen molar-refractivity contribution in [2.45, 2.75) is 19.0 Å². The molecule has 0 fully saturated rings. The summed E-state index contributed by atoms with van der Waals surface area (Å²) >= 11 is 0. The van der Waals surface area contributed by atoms with Gasteiger partial charge in [0.25, 0.3) is 0 Å². The van der Waals surface area contributed by atoms with Crippen LogP contribution in [0, 0.1) is 0 Å². The van der Waals surface area contributed by atoms with Crippen LogP contribution in [0.15, 0.2) is 10.9 Å². The van der Waals surface area contributed by atoms with Crippen molar-refractivity contribution < 1.29 is 29.1 Å². The second-order valence-electron chi connectivity index (χ2n) is 3.16. The first-order valence-corrected chi connectivity index (χ1v) is 4.73. The molecule has 0 saturated carbocycles. The van der Waals surface area contributed by atoms with Gasteiger partial charge in [0.2, 0.25) is 6.39 Å². The minimum Gasteiger partial charge on any atom is -0.481 e. The molecule has 0 aromatic carbocycles. The van der Waals surface area contributed by atoms with E-state index in [0.717, 1.165) is 6.39 Å². The van der Waals surface area contributed by atoms with Gasteiger partial charge in [0.1, 0.15) is 6.04 Å². The smallest absolute Gasteiger partial charge is 0.326 e. The fourth-order valence-corrected chi connectivity index (χ4v) is 1.01. The van der Waals surface area contributed by atoms with E-state index in [2.05, 4.69) is 20.0 Å². The van der Waals surface area contributed by atoms with Gasteiger partial charge < -0.3 is 25.4 Å². The Morgan fingerprint density at radius 3 is 2.61 bits per heavy atom. The Labute approximate surface area is 100.0 Å². The summed E-state index contributed by atoms with van der Waals surface area (Å²) in [4.78, 5) is 35.9. The molecule has 0 aliphatic rings. The molecule has 0 saturated heterocycles. The molecule has 0 unspecified atom stereocenters. The monoisotopic (exact) mass is 258 g/mol. The van der Waals surface area contributed by atoms with Crippen molar-refractivity contribution in [3.8, 4) is 0 Å². The molecule has 0 aliphatic heterocycles. The molecular formula is C8H10N4O6. The number of rotatable bonds is 6. The average Bonchev–Trinajstić information content (AvgIpc) is 2.77. The molecule has 1 aromatic rings. The average molecular weight is 258 g/mol. The number of hydrogen-bond acceptors (Lipinski definition) is 6. The second kappa shape index (κ2) is 6.18. The van der Waals surface area contributed by atoms with Crippen LogP contribution in [-0.2, 0) is 16.1 Å². The van der Waals surface area contributed by atoms with Gasteiger partial charge in [-0.3, -0.25) is 4.79 Å². The van der Waals surface area contributed by atoms with Crippen LogP contribution >= 0.6 is 0 Å². The molecule has 1 rings (SSSR count). The van der Waals surface area contributed by atoms with E-state index in [1.807, 2.05) is 5.32 Å². The topological polar surface area (TPSA) is 155 Å². The maximum atomic E-state index is 11.3. The molecule has 18 heavy (non-hydrogen) atoms. The van der Waals surface area contributed by atoms with Gasteiger partial charge in [-0.2, -0.15) is 4.98 Å². The zero-order valence-corrected chi connectivity index (χ0v) is 8.99. The van der Waals surface area contributed by atoms with Crippen LogP contribution in [0.4, 0.5) is 4.79 Å². The lowest BCUT2D eigenvalue weighted by molar-refractivity contribution is -0.145. The zero-order chi connectivity index (χ0) is 13.5. The highest BCUT2D eigenvalue weighted by Gasteiger charge is 2.22. The molecule has 1 atom stereocenters. The van der Waals surface area contributed by atoms with Crippen molar-refractivity contribution in [3.63, 3.8) is 0 Å². The minimum absolute atomic E-state index is 0.0677. The number of carbonyl (C=O) groups is 3. The molecule has 10 nitrogen and oxygen atoms in total. The van der Waals surface area contributed by atoms with Crippen molar-refractivity contribution in [2.75, 3.05) is 0 Å². The van der Waals surface area contributed by atoms with E-state index in [1.54, 1.807) is 0 Å². The maximum absolute atomic E-state index is 11.3. The lowest BCUT2D eigenvalue weighted by Gasteiger charge is -2.12. The minimum atomic E-state index is -1.51. The number of hydrogen-bond donors (Lipinski definition) is 4. The number of nitrogens with one attached hydrogen (secondary N) is 2. The standard InChI is InChI=1S/C8H10N4O6/c13-6(14)1-4(7(15)16)11-8(17)9-2-5-10-3-18-12-5/h3-4H,1-2H2,(H,13,14)(H,15,16)(H2,9,11,17)/t4-/m0/s1. The van der Waals surface area contributed by atoms with Gasteiger partial charge >= 0.3 is 18.0 Å². The maximum Gasteiger partial charge on any atom is 0.326 e. The van der Waals surface area contributed by atoms with Gasteiger partial charge in [0.05, 0.1) is 13.0 Å². The van der Waals surface area contributed by atoms with E-state index in [1.165, 1.54) is 0 Å². The third kappa shape index (κ3) is 4.47. The summed E-state index contributed by atoms with van der Waals surface area (Å²) in [5.74, 6) is -2.57. The summed E-state index contributed by atoms with van der Waals surface area (Å²) in [5, 5.41) is 24.8. The number of urea groups is 1. The molecule has 0 radical (unpaired) electrons. The highest BCUT2D eigenvalue weighted by molar-refractivity contribution is 5.86. The summed E-state index contributed by atoms with van der Waals surface area (Å²) in [5.41, 5.74) is 0. The highest BCUT2D eigenvalue weighted by Crippen LogP contribution is 1.93. The summed E-state index contributed by atoms with van der Waals surface area (Å²) in [6.45, 7) is -0.0677. The molecule has 10 heteroatoms. The molecular weight excluding hydrogens is 248 g/mol. The van der Waals surface area contributed by atoms with Crippen LogP contribution in [0.2, 0.25) is 0 Å². The molecule has 0 aliphatic carbocycles. The quantitative estimate of drug-likeness (QED) is 0.495. The van der Waals surface area contributed by atoms with Crippen LogP contribution in [0.5, 0.6) is 0 Å². The Bertz CT molecular complexity index is 431. The molecule has 2 amide bonds. The van der Waals surface area contributed by atoms with E-state index in [0.29, 0.717) is 0 Å². The van der Waals surface area contributed by atoms with Crippen LogP contribution in [-0.4, -0.2) is 44.4 Å². The predicted octanol–water partition coefficient (Wildman–Crippen LogP) is -1.20. The fourth-order valence-electron chi connectivity index (χ4n) is 1.01. The molecule has 1 aromatic heterocycles. The summed E-state index contributed by atoms with van der Waals surface area (Å²) in [6, 6.07) is -2.35. The molecule has 0 bridgehead atoms. The van der Waals surface area contributed by atoms with Crippen LogP contribution < -0.4 is 10.6 Å². The summed E-state index contributed by atoms with van der Waals surface area (Å²) in [6.07, 6.45) is 0.352. The Kier molecular flexibility index (Phi) is 4.60. The SMILES string of the molecule is O=C(O)C[C@H](NC(=O)NCc1ncon1)C(=O)O. The number of nitrogens with zero attached hydrogens (tertiary/aromatic N) is 2. The normalized spacial score (nSPS) is 11.6. The first kappa shape index (κ1) is 13.4. The fraction of sp³-hybridized carbons (Fsp3) is 0.375. The first-order valence-electron chi connectivity index (χ1n) is 4.73. The van der Waals surface area contributed by atoms with Crippen molar-refractivity contribution in [2.24, 2.45) is 0 Å². The summed E-state index contributed by atoms with van der Waals surface area (Å²) < 4.78 is 4.41. The van der Waals surface area contributed by atoms with Gasteiger partial charge in [0, 0.05) is 0 Å². The number of carbonyl (C=O) groups excluding carboxylic acids is 1. The predicted molar refractivity (Wildman–Crippen MR) is 53.3 cm³/mol. The number of carboxylic acids is 2.